The summed E-state index contributed by atoms with van der Waals surface area (Å²) in [5.41, 5.74) is 1.61. The number of amides is 2. The molecule has 0 spiro atoms. The number of rotatable bonds is 5. The fraction of sp³-hybridized carbons (Fsp3) is 0.148. The van der Waals surface area contributed by atoms with Crippen LogP contribution >= 0.6 is 34.5 Å². The topological polar surface area (TPSA) is 86.7 Å². The number of halogens is 2. The van der Waals surface area contributed by atoms with Crippen LogP contribution in [-0.4, -0.2) is 29.4 Å². The Morgan fingerprint density at radius 2 is 1.78 bits per heavy atom. The Balaban J connectivity index is 1.45. The smallest absolute Gasteiger partial charge is 0.337 e. The number of thiophene rings is 1. The molecule has 1 saturated heterocycles. The maximum Gasteiger partial charge on any atom is 0.337 e. The third-order valence-corrected chi connectivity index (χ3v) is 8.21. The van der Waals surface area contributed by atoms with E-state index in [4.69, 9.17) is 23.2 Å². The summed E-state index contributed by atoms with van der Waals surface area (Å²) < 4.78 is 0.854. The quantitative estimate of drug-likeness (QED) is 0.284. The zero-order chi connectivity index (χ0) is 25.4. The highest BCUT2D eigenvalue weighted by Gasteiger charge is 2.29. The molecule has 5 rings (SSSR count). The average molecular weight is 539 g/mol. The summed E-state index contributed by atoms with van der Waals surface area (Å²) in [7, 11) is 0. The molecule has 36 heavy (non-hydrogen) atoms. The van der Waals surface area contributed by atoms with E-state index in [1.807, 2.05) is 48.5 Å². The van der Waals surface area contributed by atoms with Crippen LogP contribution < -0.4 is 10.2 Å². The van der Waals surface area contributed by atoms with Crippen LogP contribution in [0.5, 0.6) is 0 Å². The number of fused-ring (bicyclic) bond motifs is 1. The van der Waals surface area contributed by atoms with Crippen LogP contribution in [0.1, 0.15) is 44.4 Å². The summed E-state index contributed by atoms with van der Waals surface area (Å²) >= 11 is 13.7. The average Bonchev–Trinajstić information content (AvgIpc) is 3.21. The number of carbonyl (C=O) groups is 3. The molecule has 0 saturated carbocycles. The van der Waals surface area contributed by atoms with E-state index in [2.05, 4.69) is 5.32 Å². The number of carboxylic acids is 1. The van der Waals surface area contributed by atoms with Crippen LogP contribution in [0.4, 0.5) is 11.4 Å². The Hall–Kier alpha value is -3.39. The van der Waals surface area contributed by atoms with Crippen LogP contribution in [0, 0.1) is 0 Å². The van der Waals surface area contributed by atoms with E-state index >= 15 is 0 Å². The number of nitrogens with zero attached hydrogens (tertiary/aromatic N) is 1. The second-order valence-electron chi connectivity index (χ2n) is 8.52. The van der Waals surface area contributed by atoms with Gasteiger partial charge in [0.15, 0.2) is 0 Å². The van der Waals surface area contributed by atoms with Gasteiger partial charge in [-0.1, -0.05) is 53.5 Å². The van der Waals surface area contributed by atoms with Crippen molar-refractivity contribution in [3.63, 3.8) is 0 Å². The minimum atomic E-state index is -1.19. The van der Waals surface area contributed by atoms with Gasteiger partial charge in [-0.25, -0.2) is 4.79 Å². The third kappa shape index (κ3) is 4.69. The van der Waals surface area contributed by atoms with Gasteiger partial charge in [0.05, 0.1) is 16.3 Å². The largest absolute Gasteiger partial charge is 0.478 e. The number of anilines is 2. The van der Waals surface area contributed by atoms with E-state index in [0.29, 0.717) is 35.1 Å². The van der Waals surface area contributed by atoms with Crippen molar-refractivity contribution in [1.82, 2.24) is 0 Å². The summed E-state index contributed by atoms with van der Waals surface area (Å²) in [4.78, 5) is 39.8. The molecule has 0 radical (unpaired) electrons. The number of benzene rings is 3. The van der Waals surface area contributed by atoms with E-state index in [0.717, 1.165) is 15.6 Å². The Morgan fingerprint density at radius 3 is 2.50 bits per heavy atom. The van der Waals surface area contributed by atoms with Crippen molar-refractivity contribution in [2.45, 2.75) is 18.8 Å². The molecule has 0 bridgehead atoms. The zero-order valence-corrected chi connectivity index (χ0v) is 21.2. The summed E-state index contributed by atoms with van der Waals surface area (Å²) in [5, 5.41) is 14.1. The van der Waals surface area contributed by atoms with Crippen molar-refractivity contribution in [2.24, 2.45) is 0 Å². The Labute approximate surface area is 221 Å². The highest BCUT2D eigenvalue weighted by atomic mass is 35.5. The molecule has 1 aliphatic rings. The van der Waals surface area contributed by atoms with E-state index < -0.39 is 11.9 Å². The fourth-order valence-corrected chi connectivity index (χ4v) is 5.97. The van der Waals surface area contributed by atoms with Gasteiger partial charge in [-0.15, -0.1) is 11.3 Å². The van der Waals surface area contributed by atoms with Crippen LogP contribution in [0.15, 0.2) is 66.7 Å². The van der Waals surface area contributed by atoms with Crippen LogP contribution in [-0.2, 0) is 4.79 Å². The number of hydrogen-bond acceptors (Lipinski definition) is 4. The number of carboxylic acid groups (broad SMARTS) is 1. The SMILES string of the molecule is O=C(O)c1ccc(N2CC(c3ccc(Cl)cc3)CCC2=O)cc1NC(=O)c1sc2ccccc2c1Cl. The van der Waals surface area contributed by atoms with Crippen molar-refractivity contribution < 1.29 is 19.5 Å². The molecule has 2 N–H and O–H groups in total. The minimum absolute atomic E-state index is 0.0619. The lowest BCUT2D eigenvalue weighted by Crippen LogP contribution is -2.39. The summed E-state index contributed by atoms with van der Waals surface area (Å²) in [6, 6.07) is 19.5. The van der Waals surface area contributed by atoms with Crippen LogP contribution in [0.25, 0.3) is 10.1 Å². The van der Waals surface area contributed by atoms with E-state index in [1.54, 1.807) is 11.0 Å². The Morgan fingerprint density at radius 1 is 1.03 bits per heavy atom. The number of hydrogen-bond donors (Lipinski definition) is 2. The first kappa shape index (κ1) is 24.3. The maximum absolute atomic E-state index is 13.1. The molecule has 1 unspecified atom stereocenters. The second kappa shape index (κ2) is 9.93. The van der Waals surface area contributed by atoms with Gasteiger partial charge in [-0.2, -0.15) is 0 Å². The normalized spacial score (nSPS) is 15.8. The number of carbonyl (C=O) groups excluding carboxylic acids is 2. The highest BCUT2D eigenvalue weighted by molar-refractivity contribution is 7.21. The highest BCUT2D eigenvalue weighted by Crippen LogP contribution is 2.37. The lowest BCUT2D eigenvalue weighted by Gasteiger charge is -2.33. The molecule has 3 aromatic carbocycles. The number of piperidine rings is 1. The minimum Gasteiger partial charge on any atom is -0.478 e. The molecule has 2 amide bonds. The van der Waals surface area contributed by atoms with Crippen LogP contribution in [0.2, 0.25) is 10.0 Å². The molecule has 1 atom stereocenters. The Kier molecular flexibility index (Phi) is 6.71. The van der Waals surface area contributed by atoms with Crippen molar-refractivity contribution >= 4 is 73.8 Å². The lowest BCUT2D eigenvalue weighted by atomic mass is 9.90. The van der Waals surface area contributed by atoms with Gasteiger partial charge < -0.3 is 15.3 Å². The molecule has 4 aromatic rings. The lowest BCUT2D eigenvalue weighted by molar-refractivity contribution is -0.119. The fourth-order valence-electron chi connectivity index (χ4n) is 4.43. The molecular formula is C27H20Cl2N2O4S. The first-order chi connectivity index (χ1) is 17.3. The Bertz CT molecular complexity index is 1500. The second-order valence-corrected chi connectivity index (χ2v) is 10.4. The summed E-state index contributed by atoms with van der Waals surface area (Å²) in [6.45, 7) is 0.433. The zero-order valence-electron chi connectivity index (χ0n) is 18.8. The van der Waals surface area contributed by atoms with Crippen molar-refractivity contribution in [1.29, 1.82) is 0 Å². The van der Waals surface area contributed by atoms with Crippen molar-refractivity contribution in [2.75, 3.05) is 16.8 Å². The molecule has 0 aliphatic carbocycles. The van der Waals surface area contributed by atoms with E-state index in [-0.39, 0.29) is 28.0 Å². The molecule has 6 nitrogen and oxygen atoms in total. The number of nitrogens with one attached hydrogen (secondary N) is 1. The molecule has 2 heterocycles. The predicted octanol–water partition coefficient (Wildman–Crippen LogP) is 7.07. The monoisotopic (exact) mass is 538 g/mol. The molecular weight excluding hydrogens is 519 g/mol. The first-order valence-electron chi connectivity index (χ1n) is 11.2. The summed E-state index contributed by atoms with van der Waals surface area (Å²) in [5.74, 6) is -1.66. The van der Waals surface area contributed by atoms with E-state index in [1.165, 1.54) is 23.5 Å². The molecule has 1 aromatic heterocycles. The van der Waals surface area contributed by atoms with Crippen molar-refractivity contribution in [3.05, 3.63) is 92.8 Å². The molecule has 1 aliphatic heterocycles. The predicted molar refractivity (Wildman–Crippen MR) is 144 cm³/mol. The third-order valence-electron chi connectivity index (χ3n) is 6.29. The molecule has 182 valence electrons. The van der Waals surface area contributed by atoms with Gasteiger partial charge in [0.2, 0.25) is 5.91 Å². The van der Waals surface area contributed by atoms with Gasteiger partial charge in [-0.3, -0.25) is 9.59 Å². The maximum atomic E-state index is 13.1. The van der Waals surface area contributed by atoms with Gasteiger partial charge in [0, 0.05) is 39.7 Å². The van der Waals surface area contributed by atoms with Gasteiger partial charge in [0.1, 0.15) is 4.88 Å². The first-order valence-corrected chi connectivity index (χ1v) is 12.8. The van der Waals surface area contributed by atoms with Gasteiger partial charge in [-0.05, 0) is 48.4 Å². The standard InChI is InChI=1S/C27H20Cl2N2O4S/c28-17-8-5-15(6-9-17)16-7-12-23(32)31(14-16)18-10-11-19(27(34)35)21(13-18)30-26(33)25-24(29)20-3-1-2-4-22(20)36-25/h1-6,8-11,13,16H,7,12,14H2,(H,30,33)(H,34,35). The van der Waals surface area contributed by atoms with Gasteiger partial charge >= 0.3 is 5.97 Å². The molecule has 1 fully saturated rings. The van der Waals surface area contributed by atoms with Crippen molar-refractivity contribution in [3.8, 4) is 0 Å². The number of aromatic carboxylic acids is 1. The van der Waals surface area contributed by atoms with Gasteiger partial charge in [0.25, 0.3) is 5.91 Å². The molecule has 9 heteroatoms. The van der Waals surface area contributed by atoms with E-state index in [9.17, 15) is 19.5 Å². The summed E-state index contributed by atoms with van der Waals surface area (Å²) in [6.07, 6.45) is 1.06. The van der Waals surface area contributed by atoms with Crippen LogP contribution in [0.3, 0.4) is 0 Å².